The molecule has 208 valence electrons. The Morgan fingerprint density at radius 2 is 0.659 bits per heavy atom. The lowest BCUT2D eigenvalue weighted by Gasteiger charge is -2.35. The van der Waals surface area contributed by atoms with Crippen molar-refractivity contribution >= 4 is 11.1 Å². The van der Waals surface area contributed by atoms with Gasteiger partial charge in [-0.2, -0.15) is 0 Å². The molecule has 0 aliphatic heterocycles. The Morgan fingerprint density at radius 1 is 0.341 bits per heavy atom. The minimum absolute atomic E-state index is 0.494. The Kier molecular flexibility index (Phi) is 4.49. The SMILES string of the molecule is COc1ccc2c(c1)C1(C3=C2C2(c4cc(OC)ccc43)c3ccccc3-c3ccccc32)c2ccccc2-c2ccccc21. The minimum atomic E-state index is -0.494. The normalized spacial score (nSPS) is 16.2. The number of ether oxygens (including phenoxy) is 2. The monoisotopic (exact) mass is 564 g/mol. The predicted molar refractivity (Wildman–Crippen MR) is 176 cm³/mol. The topological polar surface area (TPSA) is 18.5 Å². The van der Waals surface area contributed by atoms with Gasteiger partial charge in [0.25, 0.3) is 0 Å². The molecule has 0 saturated heterocycles. The third-order valence-electron chi connectivity index (χ3n) is 10.7. The van der Waals surface area contributed by atoms with E-state index in [-0.39, 0.29) is 0 Å². The average Bonchev–Trinajstić information content (AvgIpc) is 3.76. The van der Waals surface area contributed by atoms with E-state index in [4.69, 9.17) is 9.47 Å². The van der Waals surface area contributed by atoms with E-state index in [1.165, 1.54) is 77.9 Å². The summed E-state index contributed by atoms with van der Waals surface area (Å²) >= 11 is 0. The zero-order valence-corrected chi connectivity index (χ0v) is 24.5. The molecule has 2 spiro atoms. The van der Waals surface area contributed by atoms with Crippen molar-refractivity contribution in [2.24, 2.45) is 0 Å². The number of fused-ring (bicyclic) bond motifs is 18. The first-order valence-corrected chi connectivity index (χ1v) is 15.3. The molecule has 0 N–H and O–H groups in total. The summed E-state index contributed by atoms with van der Waals surface area (Å²) in [5.41, 5.74) is 17.5. The molecular weight excluding hydrogens is 536 g/mol. The number of methoxy groups -OCH3 is 2. The second-order valence-electron chi connectivity index (χ2n) is 12.3. The predicted octanol–water partition coefficient (Wildman–Crippen LogP) is 9.27. The van der Waals surface area contributed by atoms with Crippen molar-refractivity contribution in [3.05, 3.63) is 178 Å². The standard InChI is InChI=1S/C42H28O2/c1-43-25-19-21-31-37(23-25)41(33-15-7-3-11-27(33)28-12-4-8-16-34(28)41)40-32-22-20-26(44-2)24-38(32)42(39(31)40)35-17-9-5-13-29(35)30-14-6-10-18-36(30)42/h3-24H,1-2H3. The molecule has 2 nitrogen and oxygen atoms in total. The molecule has 0 unspecified atom stereocenters. The molecule has 4 aliphatic carbocycles. The van der Waals surface area contributed by atoms with Crippen LogP contribution < -0.4 is 9.47 Å². The number of allylic oxidation sites excluding steroid dienone is 2. The quantitative estimate of drug-likeness (QED) is 0.209. The molecule has 0 atom stereocenters. The highest BCUT2D eigenvalue weighted by atomic mass is 16.5. The summed E-state index contributed by atoms with van der Waals surface area (Å²) in [5.74, 6) is 1.75. The van der Waals surface area contributed by atoms with Crippen LogP contribution in [0.1, 0.15) is 44.5 Å². The van der Waals surface area contributed by atoms with Gasteiger partial charge in [-0.15, -0.1) is 0 Å². The van der Waals surface area contributed by atoms with Gasteiger partial charge >= 0.3 is 0 Å². The van der Waals surface area contributed by atoms with Crippen LogP contribution in [-0.2, 0) is 10.8 Å². The Morgan fingerprint density at radius 3 is 0.977 bits per heavy atom. The van der Waals surface area contributed by atoms with Gasteiger partial charge in [0.05, 0.1) is 25.0 Å². The maximum Gasteiger partial charge on any atom is 0.119 e. The van der Waals surface area contributed by atoms with E-state index >= 15 is 0 Å². The Hall–Kier alpha value is -5.34. The van der Waals surface area contributed by atoms with Crippen molar-refractivity contribution in [2.75, 3.05) is 14.2 Å². The molecule has 0 radical (unpaired) electrons. The van der Waals surface area contributed by atoms with Crippen LogP contribution in [0.25, 0.3) is 33.4 Å². The van der Waals surface area contributed by atoms with Gasteiger partial charge in [0.1, 0.15) is 11.5 Å². The van der Waals surface area contributed by atoms with E-state index in [0.29, 0.717) is 0 Å². The number of hydrogen-bond acceptors (Lipinski definition) is 2. The summed E-state index contributed by atoms with van der Waals surface area (Å²) in [4.78, 5) is 0. The van der Waals surface area contributed by atoms with Crippen molar-refractivity contribution in [1.29, 1.82) is 0 Å². The van der Waals surface area contributed by atoms with Crippen LogP contribution in [-0.4, -0.2) is 14.2 Å². The van der Waals surface area contributed by atoms with Crippen LogP contribution in [0.5, 0.6) is 11.5 Å². The van der Waals surface area contributed by atoms with Crippen molar-refractivity contribution in [3.63, 3.8) is 0 Å². The molecule has 0 fully saturated rings. The summed E-state index contributed by atoms with van der Waals surface area (Å²) in [5, 5.41) is 0. The first-order chi connectivity index (χ1) is 21.7. The van der Waals surface area contributed by atoms with Gasteiger partial charge in [-0.3, -0.25) is 0 Å². The third kappa shape index (κ3) is 2.50. The molecule has 4 aliphatic rings. The Balaban J connectivity index is 1.47. The van der Waals surface area contributed by atoms with Gasteiger partial charge in [-0.1, -0.05) is 109 Å². The molecular formula is C42H28O2. The van der Waals surface area contributed by atoms with Gasteiger partial charge < -0.3 is 9.47 Å². The molecule has 0 aromatic heterocycles. The third-order valence-corrected chi connectivity index (χ3v) is 10.7. The Labute approximate surface area is 256 Å². The van der Waals surface area contributed by atoms with E-state index in [0.717, 1.165) is 11.5 Å². The zero-order valence-electron chi connectivity index (χ0n) is 24.5. The largest absolute Gasteiger partial charge is 0.497 e. The molecule has 0 amide bonds. The van der Waals surface area contributed by atoms with Crippen LogP contribution in [0.4, 0.5) is 0 Å². The highest BCUT2D eigenvalue weighted by Crippen LogP contribution is 2.74. The van der Waals surface area contributed by atoms with Crippen LogP contribution in [0.2, 0.25) is 0 Å². The maximum atomic E-state index is 5.93. The van der Waals surface area contributed by atoms with Crippen molar-refractivity contribution in [1.82, 2.24) is 0 Å². The van der Waals surface area contributed by atoms with Gasteiger partial charge in [-0.05, 0) is 102 Å². The van der Waals surface area contributed by atoms with E-state index in [2.05, 4.69) is 133 Å². The van der Waals surface area contributed by atoms with Crippen LogP contribution in [0.15, 0.2) is 133 Å². The number of hydrogen-bond donors (Lipinski definition) is 0. The summed E-state index contributed by atoms with van der Waals surface area (Å²) in [6.07, 6.45) is 0. The lowest BCUT2D eigenvalue weighted by molar-refractivity contribution is 0.413. The summed E-state index contributed by atoms with van der Waals surface area (Å²) in [6.45, 7) is 0. The van der Waals surface area contributed by atoms with E-state index in [1.54, 1.807) is 14.2 Å². The molecule has 0 bridgehead atoms. The highest BCUT2D eigenvalue weighted by molar-refractivity contribution is 6.19. The molecule has 44 heavy (non-hydrogen) atoms. The number of rotatable bonds is 2. The highest BCUT2D eigenvalue weighted by Gasteiger charge is 2.63. The fraction of sp³-hybridized carbons (Fsp3) is 0.0952. The molecule has 2 heteroatoms. The van der Waals surface area contributed by atoms with E-state index in [1.807, 2.05) is 0 Å². The van der Waals surface area contributed by atoms with E-state index < -0.39 is 10.8 Å². The lowest BCUT2D eigenvalue weighted by Crippen LogP contribution is -2.28. The average molecular weight is 565 g/mol. The fourth-order valence-electron chi connectivity index (χ4n) is 9.26. The van der Waals surface area contributed by atoms with Crippen LogP contribution in [0.3, 0.4) is 0 Å². The fourth-order valence-corrected chi connectivity index (χ4v) is 9.26. The summed E-state index contributed by atoms with van der Waals surface area (Å²) in [6, 6.07) is 49.5. The van der Waals surface area contributed by atoms with E-state index in [9.17, 15) is 0 Å². The maximum absolute atomic E-state index is 5.93. The molecule has 0 heterocycles. The van der Waals surface area contributed by atoms with Gasteiger partial charge in [0, 0.05) is 0 Å². The number of benzene rings is 6. The second kappa shape index (κ2) is 8.18. The van der Waals surface area contributed by atoms with Crippen molar-refractivity contribution in [3.8, 4) is 33.8 Å². The molecule has 6 aromatic rings. The van der Waals surface area contributed by atoms with Crippen LogP contribution >= 0.6 is 0 Å². The van der Waals surface area contributed by atoms with Crippen molar-refractivity contribution < 1.29 is 9.47 Å². The summed E-state index contributed by atoms with van der Waals surface area (Å²) in [7, 11) is 3.54. The lowest BCUT2D eigenvalue weighted by atomic mass is 9.66. The minimum Gasteiger partial charge on any atom is -0.497 e. The van der Waals surface area contributed by atoms with Gasteiger partial charge in [0.2, 0.25) is 0 Å². The summed E-state index contributed by atoms with van der Waals surface area (Å²) < 4.78 is 11.9. The van der Waals surface area contributed by atoms with Gasteiger partial charge in [0.15, 0.2) is 0 Å². The molecule has 0 saturated carbocycles. The van der Waals surface area contributed by atoms with Crippen molar-refractivity contribution in [2.45, 2.75) is 10.8 Å². The first-order valence-electron chi connectivity index (χ1n) is 15.3. The molecule has 10 rings (SSSR count). The molecule has 6 aromatic carbocycles. The van der Waals surface area contributed by atoms with Crippen LogP contribution in [0, 0.1) is 0 Å². The second-order valence-corrected chi connectivity index (χ2v) is 12.3. The first kappa shape index (κ1) is 24.1. The Bertz CT molecular complexity index is 2020. The van der Waals surface area contributed by atoms with Gasteiger partial charge in [-0.25, -0.2) is 0 Å². The smallest absolute Gasteiger partial charge is 0.119 e. The zero-order chi connectivity index (χ0) is 29.2.